The Morgan fingerprint density at radius 1 is 1.00 bits per heavy atom. The summed E-state index contributed by atoms with van der Waals surface area (Å²) in [5, 5.41) is 9.21. The van der Waals surface area contributed by atoms with Gasteiger partial charge in [0, 0.05) is 39.3 Å². The maximum absolute atomic E-state index is 12.5. The Kier molecular flexibility index (Phi) is 6.38. The Morgan fingerprint density at radius 3 is 2.12 bits per heavy atom. The number of rotatable bonds is 5. The molecule has 0 unspecified atom stereocenters. The van der Waals surface area contributed by atoms with Crippen LogP contribution in [0.3, 0.4) is 0 Å². The van der Waals surface area contributed by atoms with Gasteiger partial charge < -0.3 is 19.8 Å². The molecule has 1 fully saturated rings. The molecule has 0 aliphatic carbocycles. The van der Waals surface area contributed by atoms with Crippen molar-refractivity contribution in [2.45, 2.75) is 20.3 Å². The van der Waals surface area contributed by atoms with Crippen LogP contribution in [-0.4, -0.2) is 77.0 Å². The molecule has 1 aromatic rings. The van der Waals surface area contributed by atoms with E-state index in [-0.39, 0.29) is 23.9 Å². The van der Waals surface area contributed by atoms with Crippen molar-refractivity contribution in [3.63, 3.8) is 0 Å². The number of hydrogen-bond donors (Lipinski definition) is 1. The molecule has 0 aromatic heterocycles. The molecule has 0 radical (unpaired) electrons. The summed E-state index contributed by atoms with van der Waals surface area (Å²) in [6, 6.07) is 6.56. The molecule has 0 bridgehead atoms. The van der Waals surface area contributed by atoms with Crippen molar-refractivity contribution in [3.8, 4) is 0 Å². The largest absolute Gasteiger partial charge is 0.478 e. The molecule has 0 spiro atoms. The quantitative estimate of drug-likeness (QED) is 0.876. The lowest BCUT2D eigenvalue weighted by Crippen LogP contribution is -2.54. The standard InChI is InChI=1S/C18H25N3O4/c1-3-19(4-2)18(25)21-11-9-20(10-12-21)16(22)13-14-7-5-6-8-15(14)17(23)24/h5-8H,3-4,9-13H2,1-2H3,(H,23,24). The first-order chi connectivity index (χ1) is 12.0. The van der Waals surface area contributed by atoms with E-state index < -0.39 is 5.97 Å². The molecule has 0 saturated carbocycles. The van der Waals surface area contributed by atoms with Crippen molar-refractivity contribution >= 4 is 17.9 Å². The monoisotopic (exact) mass is 347 g/mol. The number of carboxylic acids is 1. The number of nitrogens with zero attached hydrogens (tertiary/aromatic N) is 3. The molecular weight excluding hydrogens is 322 g/mol. The summed E-state index contributed by atoms with van der Waals surface area (Å²) < 4.78 is 0. The Bertz CT molecular complexity index is 635. The summed E-state index contributed by atoms with van der Waals surface area (Å²) in [6.07, 6.45) is 0.0620. The fourth-order valence-electron chi connectivity index (χ4n) is 3.00. The number of carboxylic acid groups (broad SMARTS) is 1. The Balaban J connectivity index is 1.94. The predicted octanol–water partition coefficient (Wildman–Crippen LogP) is 1.53. The van der Waals surface area contributed by atoms with Gasteiger partial charge in [0.2, 0.25) is 5.91 Å². The van der Waals surface area contributed by atoms with Gasteiger partial charge in [-0.1, -0.05) is 18.2 Å². The highest BCUT2D eigenvalue weighted by atomic mass is 16.4. The number of carbonyl (C=O) groups excluding carboxylic acids is 2. The van der Waals surface area contributed by atoms with E-state index in [2.05, 4.69) is 0 Å². The summed E-state index contributed by atoms with van der Waals surface area (Å²) in [5.74, 6) is -1.14. The van der Waals surface area contributed by atoms with Gasteiger partial charge in [-0.25, -0.2) is 9.59 Å². The zero-order valence-corrected chi connectivity index (χ0v) is 14.8. The molecule has 7 heteroatoms. The van der Waals surface area contributed by atoms with E-state index in [4.69, 9.17) is 0 Å². The minimum atomic E-state index is -1.03. The van der Waals surface area contributed by atoms with Crippen LogP contribution in [0.5, 0.6) is 0 Å². The summed E-state index contributed by atoms with van der Waals surface area (Å²) in [6.45, 7) is 7.18. The smallest absolute Gasteiger partial charge is 0.335 e. The molecule has 0 atom stereocenters. The average molecular weight is 347 g/mol. The molecule has 1 aromatic carbocycles. The molecule has 1 saturated heterocycles. The molecule has 7 nitrogen and oxygen atoms in total. The minimum Gasteiger partial charge on any atom is -0.478 e. The van der Waals surface area contributed by atoms with Gasteiger partial charge in [0.15, 0.2) is 0 Å². The molecule has 1 N–H and O–H groups in total. The average Bonchev–Trinajstić information content (AvgIpc) is 2.63. The van der Waals surface area contributed by atoms with Crippen LogP contribution in [0.25, 0.3) is 0 Å². The first kappa shape index (κ1) is 18.8. The second-order valence-electron chi connectivity index (χ2n) is 5.96. The molecule has 1 aliphatic rings. The van der Waals surface area contributed by atoms with Crippen molar-refractivity contribution in [1.29, 1.82) is 0 Å². The van der Waals surface area contributed by atoms with E-state index in [0.717, 1.165) is 0 Å². The first-order valence-corrected chi connectivity index (χ1v) is 8.60. The van der Waals surface area contributed by atoms with Gasteiger partial charge in [0.05, 0.1) is 12.0 Å². The van der Waals surface area contributed by atoms with Crippen LogP contribution >= 0.6 is 0 Å². The highest BCUT2D eigenvalue weighted by molar-refractivity contribution is 5.91. The second-order valence-corrected chi connectivity index (χ2v) is 5.96. The first-order valence-electron chi connectivity index (χ1n) is 8.60. The van der Waals surface area contributed by atoms with Gasteiger partial charge in [-0.2, -0.15) is 0 Å². The van der Waals surface area contributed by atoms with Crippen molar-refractivity contribution < 1.29 is 19.5 Å². The zero-order chi connectivity index (χ0) is 18.4. The van der Waals surface area contributed by atoms with E-state index >= 15 is 0 Å². The minimum absolute atomic E-state index is 0.00771. The van der Waals surface area contributed by atoms with Gasteiger partial charge in [-0.3, -0.25) is 4.79 Å². The third kappa shape index (κ3) is 4.49. The predicted molar refractivity (Wildman–Crippen MR) is 93.6 cm³/mol. The van der Waals surface area contributed by atoms with E-state index in [9.17, 15) is 19.5 Å². The van der Waals surface area contributed by atoms with Gasteiger partial charge in [0.25, 0.3) is 0 Å². The Labute approximate surface area is 147 Å². The van der Waals surface area contributed by atoms with Gasteiger partial charge in [-0.05, 0) is 25.5 Å². The van der Waals surface area contributed by atoms with Gasteiger partial charge in [-0.15, -0.1) is 0 Å². The van der Waals surface area contributed by atoms with Crippen LogP contribution in [0.15, 0.2) is 24.3 Å². The van der Waals surface area contributed by atoms with E-state index in [0.29, 0.717) is 44.8 Å². The molecular formula is C18H25N3O4. The van der Waals surface area contributed by atoms with Crippen LogP contribution in [0, 0.1) is 0 Å². The molecule has 3 amide bonds. The lowest BCUT2D eigenvalue weighted by atomic mass is 10.0. The number of hydrogen-bond acceptors (Lipinski definition) is 3. The third-order valence-corrected chi connectivity index (χ3v) is 4.53. The van der Waals surface area contributed by atoms with Crippen LogP contribution in [0.4, 0.5) is 4.79 Å². The molecule has 25 heavy (non-hydrogen) atoms. The Morgan fingerprint density at radius 2 is 1.56 bits per heavy atom. The summed E-state index contributed by atoms with van der Waals surface area (Å²) in [4.78, 5) is 41.3. The van der Waals surface area contributed by atoms with E-state index in [1.54, 1.807) is 32.9 Å². The van der Waals surface area contributed by atoms with Gasteiger partial charge in [0.1, 0.15) is 0 Å². The van der Waals surface area contributed by atoms with Crippen LogP contribution < -0.4 is 0 Å². The number of aromatic carboxylic acids is 1. The summed E-state index contributed by atoms with van der Waals surface area (Å²) >= 11 is 0. The number of carbonyl (C=O) groups is 3. The summed E-state index contributed by atoms with van der Waals surface area (Å²) in [5.41, 5.74) is 0.674. The topological polar surface area (TPSA) is 81.2 Å². The van der Waals surface area contributed by atoms with Gasteiger partial charge >= 0.3 is 12.0 Å². The van der Waals surface area contributed by atoms with E-state index in [1.165, 1.54) is 6.07 Å². The molecule has 1 aliphatic heterocycles. The normalized spacial score (nSPS) is 14.3. The highest BCUT2D eigenvalue weighted by Crippen LogP contribution is 2.13. The number of amides is 3. The fraction of sp³-hybridized carbons (Fsp3) is 0.500. The van der Waals surface area contributed by atoms with Crippen molar-refractivity contribution in [1.82, 2.24) is 14.7 Å². The molecule has 2 rings (SSSR count). The lowest BCUT2D eigenvalue weighted by molar-refractivity contribution is -0.131. The fourth-order valence-corrected chi connectivity index (χ4v) is 3.00. The maximum atomic E-state index is 12.5. The van der Waals surface area contributed by atoms with Crippen LogP contribution in [0.1, 0.15) is 29.8 Å². The zero-order valence-electron chi connectivity index (χ0n) is 14.8. The van der Waals surface area contributed by atoms with Crippen LogP contribution in [-0.2, 0) is 11.2 Å². The maximum Gasteiger partial charge on any atom is 0.335 e. The second kappa shape index (κ2) is 8.50. The van der Waals surface area contributed by atoms with Crippen molar-refractivity contribution in [2.24, 2.45) is 0 Å². The highest BCUT2D eigenvalue weighted by Gasteiger charge is 2.26. The third-order valence-electron chi connectivity index (χ3n) is 4.53. The summed E-state index contributed by atoms with van der Waals surface area (Å²) in [7, 11) is 0. The Hall–Kier alpha value is -2.57. The van der Waals surface area contributed by atoms with Crippen molar-refractivity contribution in [2.75, 3.05) is 39.3 Å². The SMILES string of the molecule is CCN(CC)C(=O)N1CCN(C(=O)Cc2ccccc2C(=O)O)CC1. The number of urea groups is 1. The number of piperazine rings is 1. The molecule has 1 heterocycles. The van der Waals surface area contributed by atoms with Crippen LogP contribution in [0.2, 0.25) is 0 Å². The van der Waals surface area contributed by atoms with Crippen molar-refractivity contribution in [3.05, 3.63) is 35.4 Å². The number of benzene rings is 1. The molecule has 136 valence electrons. The lowest BCUT2D eigenvalue weighted by Gasteiger charge is -2.37. The van der Waals surface area contributed by atoms with E-state index in [1.807, 2.05) is 13.8 Å².